The van der Waals surface area contributed by atoms with E-state index in [1.54, 1.807) is 18.0 Å². The van der Waals surface area contributed by atoms with E-state index in [2.05, 4.69) is 15.6 Å². The molecule has 1 aromatic heterocycles. The SMILES string of the molecule is CC(C)NC(=O)CN(C)CC(=O)N[C@H]1CCCc2[nH]c(=O)ccc21. The zero-order chi connectivity index (χ0) is 17.7. The lowest BCUT2D eigenvalue weighted by Gasteiger charge is -2.26. The van der Waals surface area contributed by atoms with Crippen LogP contribution in [0.15, 0.2) is 16.9 Å². The molecule has 2 amide bonds. The lowest BCUT2D eigenvalue weighted by molar-refractivity contribution is -0.125. The van der Waals surface area contributed by atoms with Crippen LogP contribution < -0.4 is 16.2 Å². The highest BCUT2D eigenvalue weighted by Crippen LogP contribution is 2.27. The molecule has 132 valence electrons. The Kier molecular flexibility index (Phi) is 6.14. The average Bonchev–Trinajstić information content (AvgIpc) is 2.45. The van der Waals surface area contributed by atoms with E-state index in [9.17, 15) is 14.4 Å². The van der Waals surface area contributed by atoms with Gasteiger partial charge in [0.05, 0.1) is 19.1 Å². The Bertz CT molecular complexity index is 653. The molecule has 0 bridgehead atoms. The van der Waals surface area contributed by atoms with Gasteiger partial charge in [-0.25, -0.2) is 0 Å². The first-order valence-corrected chi connectivity index (χ1v) is 8.34. The molecule has 3 N–H and O–H groups in total. The maximum Gasteiger partial charge on any atom is 0.248 e. The van der Waals surface area contributed by atoms with Crippen molar-refractivity contribution >= 4 is 11.8 Å². The summed E-state index contributed by atoms with van der Waals surface area (Å²) in [6, 6.07) is 3.28. The van der Waals surface area contributed by atoms with Crippen LogP contribution in [0.5, 0.6) is 0 Å². The third kappa shape index (κ3) is 5.19. The van der Waals surface area contributed by atoms with Crippen molar-refractivity contribution in [1.29, 1.82) is 0 Å². The molecule has 0 unspecified atom stereocenters. The smallest absolute Gasteiger partial charge is 0.248 e. The van der Waals surface area contributed by atoms with Crippen LogP contribution in [0, 0.1) is 0 Å². The second-order valence-electron chi connectivity index (χ2n) is 6.66. The van der Waals surface area contributed by atoms with Crippen molar-refractivity contribution in [3.05, 3.63) is 33.7 Å². The number of nitrogens with one attached hydrogen (secondary N) is 3. The molecule has 24 heavy (non-hydrogen) atoms. The van der Waals surface area contributed by atoms with E-state index in [-0.39, 0.29) is 42.5 Å². The second kappa shape index (κ2) is 8.10. The quantitative estimate of drug-likeness (QED) is 0.698. The summed E-state index contributed by atoms with van der Waals surface area (Å²) in [7, 11) is 1.74. The van der Waals surface area contributed by atoms with Gasteiger partial charge in [-0.3, -0.25) is 19.3 Å². The first-order chi connectivity index (χ1) is 11.3. The number of carbonyl (C=O) groups excluding carboxylic acids is 2. The fourth-order valence-electron chi connectivity index (χ4n) is 3.00. The molecule has 7 heteroatoms. The molecule has 0 fully saturated rings. The van der Waals surface area contributed by atoms with Gasteiger partial charge in [0.2, 0.25) is 17.4 Å². The summed E-state index contributed by atoms with van der Waals surface area (Å²) < 4.78 is 0. The largest absolute Gasteiger partial charge is 0.353 e. The van der Waals surface area contributed by atoms with Gasteiger partial charge >= 0.3 is 0 Å². The van der Waals surface area contributed by atoms with E-state index in [1.807, 2.05) is 13.8 Å². The van der Waals surface area contributed by atoms with Crippen molar-refractivity contribution in [1.82, 2.24) is 20.5 Å². The molecule has 1 atom stereocenters. The number of hydrogen-bond donors (Lipinski definition) is 3. The zero-order valence-corrected chi connectivity index (χ0v) is 14.5. The average molecular weight is 334 g/mol. The predicted octanol–water partition coefficient (Wildman–Crippen LogP) is 0.325. The Morgan fingerprint density at radius 1 is 1.29 bits per heavy atom. The number of fused-ring (bicyclic) bond motifs is 1. The molecule has 0 spiro atoms. The van der Waals surface area contributed by atoms with E-state index in [0.717, 1.165) is 30.5 Å². The summed E-state index contributed by atoms with van der Waals surface area (Å²) >= 11 is 0. The number of rotatable bonds is 6. The molecular weight excluding hydrogens is 308 g/mol. The number of aryl methyl sites for hydroxylation is 1. The van der Waals surface area contributed by atoms with Crippen molar-refractivity contribution < 1.29 is 9.59 Å². The van der Waals surface area contributed by atoms with E-state index in [1.165, 1.54) is 6.07 Å². The first kappa shape index (κ1) is 18.2. The number of amides is 2. The van der Waals surface area contributed by atoms with Gasteiger partial charge in [-0.2, -0.15) is 0 Å². The van der Waals surface area contributed by atoms with Crippen LogP contribution in [0.4, 0.5) is 0 Å². The Hall–Kier alpha value is -2.15. The molecule has 1 heterocycles. The Labute approximate surface area is 141 Å². The summed E-state index contributed by atoms with van der Waals surface area (Å²) in [6.07, 6.45) is 2.60. The summed E-state index contributed by atoms with van der Waals surface area (Å²) in [6.45, 7) is 4.13. The van der Waals surface area contributed by atoms with Gasteiger partial charge in [-0.05, 0) is 51.8 Å². The fraction of sp³-hybridized carbons (Fsp3) is 0.588. The molecule has 1 aromatic rings. The molecule has 2 rings (SSSR count). The normalized spacial score (nSPS) is 16.8. The van der Waals surface area contributed by atoms with Crippen molar-refractivity contribution in [3.63, 3.8) is 0 Å². The van der Waals surface area contributed by atoms with E-state index in [4.69, 9.17) is 0 Å². The minimum absolute atomic E-state index is 0.0839. The topological polar surface area (TPSA) is 94.3 Å². The van der Waals surface area contributed by atoms with Gasteiger partial charge < -0.3 is 15.6 Å². The number of carbonyl (C=O) groups is 2. The Morgan fingerprint density at radius 3 is 2.71 bits per heavy atom. The minimum Gasteiger partial charge on any atom is -0.353 e. The van der Waals surface area contributed by atoms with E-state index >= 15 is 0 Å². The molecule has 1 aliphatic carbocycles. The van der Waals surface area contributed by atoms with Gasteiger partial charge in [-0.15, -0.1) is 0 Å². The number of H-pyrrole nitrogens is 1. The van der Waals surface area contributed by atoms with Crippen molar-refractivity contribution in [2.45, 2.75) is 45.2 Å². The fourth-order valence-corrected chi connectivity index (χ4v) is 3.00. The summed E-state index contributed by atoms with van der Waals surface area (Å²) in [5, 5.41) is 5.81. The third-order valence-electron chi connectivity index (χ3n) is 3.94. The van der Waals surface area contributed by atoms with Gasteiger partial charge in [0.15, 0.2) is 0 Å². The maximum absolute atomic E-state index is 12.2. The number of nitrogens with zero attached hydrogens (tertiary/aromatic N) is 1. The van der Waals surface area contributed by atoms with E-state index in [0.29, 0.717) is 0 Å². The van der Waals surface area contributed by atoms with Gasteiger partial charge in [0.25, 0.3) is 0 Å². The highest BCUT2D eigenvalue weighted by atomic mass is 16.2. The summed E-state index contributed by atoms with van der Waals surface area (Å²) in [5.74, 6) is -0.222. The lowest BCUT2D eigenvalue weighted by Crippen LogP contribution is -2.43. The lowest BCUT2D eigenvalue weighted by atomic mass is 9.91. The van der Waals surface area contributed by atoms with Crippen molar-refractivity contribution in [2.75, 3.05) is 20.1 Å². The number of aromatic amines is 1. The zero-order valence-electron chi connectivity index (χ0n) is 14.5. The van der Waals surface area contributed by atoms with Gasteiger partial charge in [-0.1, -0.05) is 0 Å². The molecule has 1 aliphatic rings. The Morgan fingerprint density at radius 2 is 2.00 bits per heavy atom. The number of pyridine rings is 1. The molecule has 0 aliphatic heterocycles. The molecular formula is C17H26N4O3. The highest BCUT2D eigenvalue weighted by Gasteiger charge is 2.23. The third-order valence-corrected chi connectivity index (χ3v) is 3.94. The van der Waals surface area contributed by atoms with Crippen LogP contribution in [-0.4, -0.2) is 47.9 Å². The molecule has 0 aromatic carbocycles. The first-order valence-electron chi connectivity index (χ1n) is 8.34. The monoisotopic (exact) mass is 334 g/mol. The predicted molar refractivity (Wildman–Crippen MR) is 91.7 cm³/mol. The molecule has 0 saturated heterocycles. The van der Waals surface area contributed by atoms with E-state index < -0.39 is 0 Å². The summed E-state index contributed by atoms with van der Waals surface area (Å²) in [5.41, 5.74) is 1.77. The number of likely N-dealkylation sites (N-methyl/N-ethyl adjacent to an activating group) is 1. The second-order valence-corrected chi connectivity index (χ2v) is 6.66. The number of hydrogen-bond acceptors (Lipinski definition) is 4. The molecule has 0 saturated carbocycles. The highest BCUT2D eigenvalue weighted by molar-refractivity contribution is 5.81. The van der Waals surface area contributed by atoms with Crippen LogP contribution in [-0.2, 0) is 16.0 Å². The van der Waals surface area contributed by atoms with Crippen LogP contribution in [0.2, 0.25) is 0 Å². The van der Waals surface area contributed by atoms with Crippen molar-refractivity contribution in [2.24, 2.45) is 0 Å². The molecule has 0 radical (unpaired) electrons. The van der Waals surface area contributed by atoms with Crippen LogP contribution in [0.25, 0.3) is 0 Å². The van der Waals surface area contributed by atoms with Gasteiger partial charge in [0.1, 0.15) is 0 Å². The molecule has 7 nitrogen and oxygen atoms in total. The summed E-state index contributed by atoms with van der Waals surface area (Å²) in [4.78, 5) is 39.9. The minimum atomic E-state index is -0.126. The maximum atomic E-state index is 12.2. The Balaban J connectivity index is 1.89. The standard InChI is InChI=1S/C17H26N4O3/c1-11(2)18-16(23)9-21(3)10-17(24)20-14-6-4-5-13-12(14)7-8-15(22)19-13/h7-8,11,14H,4-6,9-10H2,1-3H3,(H,18,23)(H,19,22)(H,20,24)/t14-/m0/s1. The van der Waals surface area contributed by atoms with Gasteiger partial charge in [0, 0.05) is 17.8 Å². The van der Waals surface area contributed by atoms with Crippen LogP contribution in [0.3, 0.4) is 0 Å². The van der Waals surface area contributed by atoms with Crippen LogP contribution >= 0.6 is 0 Å². The van der Waals surface area contributed by atoms with Crippen molar-refractivity contribution in [3.8, 4) is 0 Å². The number of aromatic nitrogens is 1. The van der Waals surface area contributed by atoms with Crippen LogP contribution in [0.1, 0.15) is 44.0 Å².